The number of nitrogens with one attached hydrogen (secondary N) is 1. The quantitative estimate of drug-likeness (QED) is 0.888. The average molecular weight is 358 g/mol. The molecule has 1 unspecified atom stereocenters. The summed E-state index contributed by atoms with van der Waals surface area (Å²) in [7, 11) is 0. The zero-order valence-corrected chi connectivity index (χ0v) is 14.9. The van der Waals surface area contributed by atoms with Gasteiger partial charge in [0.05, 0.1) is 17.9 Å². The van der Waals surface area contributed by atoms with Gasteiger partial charge in [-0.3, -0.25) is 14.5 Å². The van der Waals surface area contributed by atoms with E-state index in [1.165, 1.54) is 11.3 Å². The van der Waals surface area contributed by atoms with Gasteiger partial charge in [0.2, 0.25) is 5.91 Å². The Hall–Kier alpha value is -1.86. The van der Waals surface area contributed by atoms with E-state index in [9.17, 15) is 4.79 Å². The molecule has 2 aromatic rings. The molecule has 1 atom stereocenters. The molecular formula is C18H22N4O2S. The predicted octanol–water partition coefficient (Wildman–Crippen LogP) is 2.31. The molecular weight excluding hydrogens is 336 g/mol. The second-order valence-corrected chi connectivity index (χ2v) is 7.53. The van der Waals surface area contributed by atoms with Crippen LogP contribution in [0.25, 0.3) is 0 Å². The van der Waals surface area contributed by atoms with Crippen molar-refractivity contribution in [3.63, 3.8) is 0 Å². The van der Waals surface area contributed by atoms with E-state index < -0.39 is 0 Å². The highest BCUT2D eigenvalue weighted by molar-refractivity contribution is 7.98. The van der Waals surface area contributed by atoms with Gasteiger partial charge in [0.1, 0.15) is 6.54 Å². The molecule has 1 fully saturated rings. The number of hydrogen-bond acceptors (Lipinski definition) is 5. The lowest BCUT2D eigenvalue weighted by atomic mass is 9.87. The standard InChI is InChI=1S/C18H22N4O2S/c23-17(10-22-16-12-25-11-15(16)9-20-22)21-18(13-3-6-24-7-4-13)14-2-1-5-19-8-14/h1-2,5,8-9,13,18H,3-4,6-7,10-12H2,(H,21,23). The van der Waals surface area contributed by atoms with Gasteiger partial charge >= 0.3 is 0 Å². The SMILES string of the molecule is O=C(Cn1ncc2c1CSC2)NC(c1cccnc1)C1CCOCC1. The van der Waals surface area contributed by atoms with Crippen molar-refractivity contribution < 1.29 is 9.53 Å². The van der Waals surface area contributed by atoms with Crippen LogP contribution < -0.4 is 5.32 Å². The van der Waals surface area contributed by atoms with Gasteiger partial charge in [-0.15, -0.1) is 0 Å². The number of carbonyl (C=O) groups is 1. The molecule has 0 bridgehead atoms. The van der Waals surface area contributed by atoms with Crippen molar-refractivity contribution in [2.45, 2.75) is 36.9 Å². The van der Waals surface area contributed by atoms with Crippen LogP contribution in [0.5, 0.6) is 0 Å². The van der Waals surface area contributed by atoms with Gasteiger partial charge in [0.15, 0.2) is 0 Å². The number of hydrogen-bond donors (Lipinski definition) is 1. The minimum atomic E-state index is -0.0249. The Balaban J connectivity index is 1.48. The van der Waals surface area contributed by atoms with Crippen molar-refractivity contribution >= 4 is 17.7 Å². The van der Waals surface area contributed by atoms with E-state index in [1.807, 2.05) is 41.0 Å². The van der Waals surface area contributed by atoms with Gasteiger partial charge in [-0.2, -0.15) is 16.9 Å². The minimum Gasteiger partial charge on any atom is -0.381 e. The molecule has 1 N–H and O–H groups in total. The topological polar surface area (TPSA) is 69.0 Å². The summed E-state index contributed by atoms with van der Waals surface area (Å²) < 4.78 is 7.32. The number of thioether (sulfide) groups is 1. The van der Waals surface area contributed by atoms with Crippen LogP contribution in [-0.2, 0) is 27.6 Å². The molecule has 0 saturated carbocycles. The number of amides is 1. The Kier molecular flexibility index (Phi) is 5.03. The number of carbonyl (C=O) groups excluding carboxylic acids is 1. The summed E-state index contributed by atoms with van der Waals surface area (Å²) in [5.41, 5.74) is 3.50. The maximum Gasteiger partial charge on any atom is 0.242 e. The van der Waals surface area contributed by atoms with Crippen molar-refractivity contribution in [1.82, 2.24) is 20.1 Å². The van der Waals surface area contributed by atoms with Gasteiger partial charge < -0.3 is 10.1 Å². The Labute approximate surface area is 151 Å². The average Bonchev–Trinajstić information content (AvgIpc) is 3.26. The lowest BCUT2D eigenvalue weighted by Gasteiger charge is -2.31. The van der Waals surface area contributed by atoms with Crippen molar-refractivity contribution in [3.05, 3.63) is 47.5 Å². The van der Waals surface area contributed by atoms with E-state index in [-0.39, 0.29) is 18.5 Å². The first-order valence-corrected chi connectivity index (χ1v) is 9.85. The summed E-state index contributed by atoms with van der Waals surface area (Å²) in [5.74, 6) is 2.32. The fourth-order valence-corrected chi connectivity index (χ4v) is 4.66. The highest BCUT2D eigenvalue weighted by Gasteiger charge is 2.27. The summed E-state index contributed by atoms with van der Waals surface area (Å²) in [6.07, 6.45) is 7.40. The summed E-state index contributed by atoms with van der Waals surface area (Å²) >= 11 is 1.87. The Morgan fingerprint density at radius 3 is 3.04 bits per heavy atom. The Morgan fingerprint density at radius 2 is 2.24 bits per heavy atom. The molecule has 4 rings (SSSR count). The van der Waals surface area contributed by atoms with Gasteiger partial charge in [0, 0.05) is 42.7 Å². The summed E-state index contributed by atoms with van der Waals surface area (Å²) in [6.45, 7) is 1.78. The van der Waals surface area contributed by atoms with E-state index >= 15 is 0 Å². The predicted molar refractivity (Wildman–Crippen MR) is 95.9 cm³/mol. The fraction of sp³-hybridized carbons (Fsp3) is 0.500. The molecule has 4 heterocycles. The number of nitrogens with zero attached hydrogens (tertiary/aromatic N) is 3. The molecule has 1 amide bonds. The molecule has 0 aliphatic carbocycles. The molecule has 2 aromatic heterocycles. The van der Waals surface area contributed by atoms with Crippen LogP contribution in [0.2, 0.25) is 0 Å². The summed E-state index contributed by atoms with van der Waals surface area (Å²) in [4.78, 5) is 16.9. The molecule has 1 saturated heterocycles. The maximum absolute atomic E-state index is 12.7. The van der Waals surface area contributed by atoms with Gasteiger partial charge in [0.25, 0.3) is 0 Å². The molecule has 2 aliphatic heterocycles. The monoisotopic (exact) mass is 358 g/mol. The molecule has 6 nitrogen and oxygen atoms in total. The molecule has 0 radical (unpaired) electrons. The van der Waals surface area contributed by atoms with Crippen LogP contribution in [0.3, 0.4) is 0 Å². The molecule has 2 aliphatic rings. The highest BCUT2D eigenvalue weighted by atomic mass is 32.2. The number of pyridine rings is 1. The third-order valence-corrected chi connectivity index (χ3v) is 5.91. The minimum absolute atomic E-state index is 0.00291. The first-order chi connectivity index (χ1) is 12.3. The molecule has 132 valence electrons. The highest BCUT2D eigenvalue weighted by Crippen LogP contribution is 2.31. The number of aromatic nitrogens is 3. The van der Waals surface area contributed by atoms with E-state index in [2.05, 4.69) is 15.4 Å². The number of fused-ring (bicyclic) bond motifs is 1. The zero-order chi connectivity index (χ0) is 17.1. The molecule has 0 aromatic carbocycles. The third kappa shape index (κ3) is 3.72. The van der Waals surface area contributed by atoms with Gasteiger partial charge in [-0.25, -0.2) is 0 Å². The number of ether oxygens (including phenoxy) is 1. The third-order valence-electron chi connectivity index (χ3n) is 4.92. The lowest BCUT2D eigenvalue weighted by molar-refractivity contribution is -0.123. The largest absolute Gasteiger partial charge is 0.381 e. The van der Waals surface area contributed by atoms with Crippen LogP contribution in [0, 0.1) is 5.92 Å². The van der Waals surface area contributed by atoms with E-state index in [0.717, 1.165) is 43.1 Å². The molecule has 7 heteroatoms. The number of rotatable bonds is 5. The van der Waals surface area contributed by atoms with Crippen LogP contribution >= 0.6 is 11.8 Å². The van der Waals surface area contributed by atoms with Gasteiger partial charge in [-0.1, -0.05) is 6.07 Å². The van der Waals surface area contributed by atoms with Crippen LogP contribution in [-0.4, -0.2) is 33.9 Å². The Morgan fingerprint density at radius 1 is 1.36 bits per heavy atom. The van der Waals surface area contributed by atoms with Crippen LogP contribution in [0.1, 0.15) is 35.7 Å². The lowest BCUT2D eigenvalue weighted by Crippen LogP contribution is -2.38. The second-order valence-electron chi connectivity index (χ2n) is 6.55. The van der Waals surface area contributed by atoms with E-state index in [1.54, 1.807) is 6.20 Å². The van der Waals surface area contributed by atoms with E-state index in [4.69, 9.17) is 4.74 Å². The van der Waals surface area contributed by atoms with Crippen LogP contribution in [0.4, 0.5) is 0 Å². The first kappa shape index (κ1) is 16.6. The van der Waals surface area contributed by atoms with Crippen LogP contribution in [0.15, 0.2) is 30.7 Å². The Bertz CT molecular complexity index is 728. The van der Waals surface area contributed by atoms with Crippen molar-refractivity contribution in [2.75, 3.05) is 13.2 Å². The summed E-state index contributed by atoms with van der Waals surface area (Å²) in [6, 6.07) is 3.93. The van der Waals surface area contributed by atoms with Crippen molar-refractivity contribution in [3.8, 4) is 0 Å². The summed E-state index contributed by atoms with van der Waals surface area (Å²) in [5, 5.41) is 7.61. The normalized spacial score (nSPS) is 18.7. The van der Waals surface area contributed by atoms with E-state index in [0.29, 0.717) is 5.92 Å². The van der Waals surface area contributed by atoms with Gasteiger partial charge in [-0.05, 0) is 30.4 Å². The van der Waals surface area contributed by atoms with Crippen molar-refractivity contribution in [1.29, 1.82) is 0 Å². The molecule has 25 heavy (non-hydrogen) atoms. The maximum atomic E-state index is 12.7. The van der Waals surface area contributed by atoms with Crippen molar-refractivity contribution in [2.24, 2.45) is 5.92 Å². The fourth-order valence-electron chi connectivity index (χ4n) is 3.57. The smallest absolute Gasteiger partial charge is 0.242 e. The first-order valence-electron chi connectivity index (χ1n) is 8.69. The zero-order valence-electron chi connectivity index (χ0n) is 14.1. The second kappa shape index (κ2) is 7.58. The molecule has 0 spiro atoms.